The monoisotopic (exact) mass is 486 g/mol. The highest BCUT2D eigenvalue weighted by Crippen LogP contribution is 2.31. The summed E-state index contributed by atoms with van der Waals surface area (Å²) in [4.78, 5) is 29.0. The number of halogens is 3. The van der Waals surface area contributed by atoms with Crippen LogP contribution in [0.25, 0.3) is 0 Å². The predicted molar refractivity (Wildman–Crippen MR) is 121 cm³/mol. The lowest BCUT2D eigenvalue weighted by atomic mass is 9.89. The minimum atomic E-state index is -4.42. The van der Waals surface area contributed by atoms with E-state index in [1.165, 1.54) is 12.1 Å². The standard InChI is InChI=1S/C25H25F3N4O3/c26-25(27,28)20-5-7-21(8-6-20)30-22(33)16-31-13-14-35-24(17-31)9-11-32(12-10-24)23(34)19-3-1-18(15-29)2-4-19/h1-8H,9-14,16-17H2,(H,30,33). The van der Waals surface area contributed by atoms with E-state index in [1.807, 2.05) is 11.0 Å². The first-order valence-electron chi connectivity index (χ1n) is 11.3. The molecule has 0 atom stereocenters. The van der Waals surface area contributed by atoms with Crippen LogP contribution in [-0.4, -0.2) is 66.5 Å². The zero-order valence-electron chi connectivity index (χ0n) is 19.0. The lowest BCUT2D eigenvalue weighted by Crippen LogP contribution is -2.58. The molecule has 0 aromatic heterocycles. The minimum Gasteiger partial charge on any atom is -0.372 e. The second kappa shape index (κ2) is 10.1. The van der Waals surface area contributed by atoms with Gasteiger partial charge in [0, 0.05) is 37.4 Å². The smallest absolute Gasteiger partial charge is 0.372 e. The maximum atomic E-state index is 12.8. The van der Waals surface area contributed by atoms with E-state index in [1.54, 1.807) is 29.2 Å². The number of rotatable bonds is 4. The van der Waals surface area contributed by atoms with Crippen molar-refractivity contribution in [1.29, 1.82) is 5.26 Å². The Kier molecular flexibility index (Phi) is 7.10. The maximum absolute atomic E-state index is 12.8. The number of alkyl halides is 3. The van der Waals surface area contributed by atoms with Crippen LogP contribution < -0.4 is 5.32 Å². The van der Waals surface area contributed by atoms with Gasteiger partial charge in [-0.1, -0.05) is 0 Å². The van der Waals surface area contributed by atoms with Gasteiger partial charge in [-0.2, -0.15) is 18.4 Å². The number of nitrogens with zero attached hydrogens (tertiary/aromatic N) is 3. The van der Waals surface area contributed by atoms with Gasteiger partial charge in [0.05, 0.1) is 35.9 Å². The molecule has 2 fully saturated rings. The van der Waals surface area contributed by atoms with Crippen LogP contribution in [0.4, 0.5) is 18.9 Å². The molecule has 35 heavy (non-hydrogen) atoms. The molecule has 1 N–H and O–H groups in total. The zero-order valence-corrected chi connectivity index (χ0v) is 19.0. The molecule has 2 aliphatic heterocycles. The molecule has 7 nitrogen and oxygen atoms in total. The third-order valence-corrected chi connectivity index (χ3v) is 6.41. The van der Waals surface area contributed by atoms with Gasteiger partial charge in [-0.3, -0.25) is 14.5 Å². The first-order valence-corrected chi connectivity index (χ1v) is 11.3. The molecular formula is C25H25F3N4O3. The summed E-state index contributed by atoms with van der Waals surface area (Å²) in [5, 5.41) is 11.6. The van der Waals surface area contributed by atoms with Gasteiger partial charge < -0.3 is 15.0 Å². The number of hydrogen-bond donors (Lipinski definition) is 1. The van der Waals surface area contributed by atoms with E-state index in [0.29, 0.717) is 62.4 Å². The average molecular weight is 486 g/mol. The largest absolute Gasteiger partial charge is 0.416 e. The summed E-state index contributed by atoms with van der Waals surface area (Å²) in [7, 11) is 0. The zero-order chi connectivity index (χ0) is 25.1. The third kappa shape index (κ3) is 5.99. The van der Waals surface area contributed by atoms with Crippen LogP contribution in [0.2, 0.25) is 0 Å². The fourth-order valence-electron chi connectivity index (χ4n) is 4.49. The number of benzene rings is 2. The molecular weight excluding hydrogens is 461 g/mol. The summed E-state index contributed by atoms with van der Waals surface area (Å²) in [5.74, 6) is -0.400. The summed E-state index contributed by atoms with van der Waals surface area (Å²) in [6.07, 6.45) is -3.16. The van der Waals surface area contributed by atoms with Gasteiger partial charge in [0.1, 0.15) is 0 Å². The minimum absolute atomic E-state index is 0.0899. The Bertz CT molecular complexity index is 1100. The Morgan fingerprint density at radius 3 is 2.29 bits per heavy atom. The van der Waals surface area contributed by atoms with Crippen molar-refractivity contribution in [2.24, 2.45) is 0 Å². The van der Waals surface area contributed by atoms with Crippen LogP contribution in [0.5, 0.6) is 0 Å². The van der Waals surface area contributed by atoms with Crippen LogP contribution in [0.15, 0.2) is 48.5 Å². The van der Waals surface area contributed by atoms with Crippen LogP contribution in [-0.2, 0) is 15.7 Å². The molecule has 0 aliphatic carbocycles. The predicted octanol–water partition coefficient (Wildman–Crippen LogP) is 3.52. The molecule has 0 unspecified atom stereocenters. The topological polar surface area (TPSA) is 85.7 Å². The Morgan fingerprint density at radius 1 is 1.03 bits per heavy atom. The number of piperidine rings is 1. The number of carbonyl (C=O) groups excluding carboxylic acids is 2. The van der Waals surface area contributed by atoms with Crippen LogP contribution in [0.1, 0.15) is 34.3 Å². The Balaban J connectivity index is 1.29. The van der Waals surface area contributed by atoms with Crippen molar-refractivity contribution >= 4 is 17.5 Å². The summed E-state index contributed by atoms with van der Waals surface area (Å²) >= 11 is 0. The molecule has 10 heteroatoms. The van der Waals surface area contributed by atoms with Gasteiger partial charge in [0.2, 0.25) is 5.91 Å². The fraction of sp³-hybridized carbons (Fsp3) is 0.400. The number of amides is 2. The van der Waals surface area contributed by atoms with Crippen molar-refractivity contribution in [2.45, 2.75) is 24.6 Å². The maximum Gasteiger partial charge on any atom is 0.416 e. The molecule has 2 heterocycles. The summed E-state index contributed by atoms with van der Waals surface area (Å²) in [5.41, 5.74) is 0.118. The summed E-state index contributed by atoms with van der Waals surface area (Å²) in [6, 6.07) is 12.9. The van der Waals surface area contributed by atoms with Crippen molar-refractivity contribution in [2.75, 3.05) is 44.6 Å². The number of ether oxygens (including phenoxy) is 1. The van der Waals surface area contributed by atoms with Gasteiger partial charge in [-0.25, -0.2) is 0 Å². The molecule has 184 valence electrons. The van der Waals surface area contributed by atoms with Crippen molar-refractivity contribution in [3.8, 4) is 6.07 Å². The Hall–Kier alpha value is -3.42. The highest BCUT2D eigenvalue weighted by Gasteiger charge is 2.41. The fourth-order valence-corrected chi connectivity index (χ4v) is 4.49. The first-order chi connectivity index (χ1) is 16.7. The van der Waals surface area contributed by atoms with Crippen molar-refractivity contribution < 1.29 is 27.5 Å². The molecule has 1 spiro atoms. The SMILES string of the molecule is N#Cc1ccc(C(=O)N2CCC3(CC2)CN(CC(=O)Nc2ccc(C(F)(F)F)cc2)CCO3)cc1. The molecule has 2 aromatic rings. The van der Waals surface area contributed by atoms with E-state index in [0.717, 1.165) is 12.1 Å². The number of anilines is 1. The van der Waals surface area contributed by atoms with E-state index in [4.69, 9.17) is 10.00 Å². The van der Waals surface area contributed by atoms with Gasteiger partial charge in [0.25, 0.3) is 5.91 Å². The number of carbonyl (C=O) groups is 2. The van der Waals surface area contributed by atoms with Crippen LogP contribution in [0.3, 0.4) is 0 Å². The van der Waals surface area contributed by atoms with Crippen molar-refractivity contribution in [3.05, 3.63) is 65.2 Å². The van der Waals surface area contributed by atoms with Crippen LogP contribution in [0, 0.1) is 11.3 Å². The Morgan fingerprint density at radius 2 is 1.69 bits per heavy atom. The van der Waals surface area contributed by atoms with Gasteiger partial charge in [-0.15, -0.1) is 0 Å². The van der Waals surface area contributed by atoms with E-state index < -0.39 is 17.3 Å². The quantitative estimate of drug-likeness (QED) is 0.715. The van der Waals surface area contributed by atoms with Gasteiger partial charge >= 0.3 is 6.18 Å². The average Bonchev–Trinajstić information content (AvgIpc) is 2.84. The number of hydrogen-bond acceptors (Lipinski definition) is 5. The summed E-state index contributed by atoms with van der Waals surface area (Å²) < 4.78 is 44.2. The molecule has 2 aliphatic rings. The normalized spacial score (nSPS) is 18.2. The van der Waals surface area contributed by atoms with Crippen LogP contribution >= 0.6 is 0 Å². The number of morpholine rings is 1. The second-order valence-electron chi connectivity index (χ2n) is 8.85. The van der Waals surface area contributed by atoms with Gasteiger partial charge in [-0.05, 0) is 61.4 Å². The molecule has 2 aromatic carbocycles. The lowest BCUT2D eigenvalue weighted by Gasteiger charge is -2.47. The molecule has 2 amide bonds. The molecule has 2 saturated heterocycles. The number of nitriles is 1. The van der Waals surface area contributed by atoms with E-state index in [2.05, 4.69) is 5.32 Å². The molecule has 0 radical (unpaired) electrons. The van der Waals surface area contributed by atoms with E-state index in [-0.39, 0.29) is 18.4 Å². The van der Waals surface area contributed by atoms with Crippen molar-refractivity contribution in [3.63, 3.8) is 0 Å². The number of nitrogens with one attached hydrogen (secondary N) is 1. The highest BCUT2D eigenvalue weighted by molar-refractivity contribution is 5.94. The van der Waals surface area contributed by atoms with Crippen molar-refractivity contribution in [1.82, 2.24) is 9.80 Å². The van der Waals surface area contributed by atoms with Gasteiger partial charge in [0.15, 0.2) is 0 Å². The molecule has 4 rings (SSSR count). The number of likely N-dealkylation sites (tertiary alicyclic amines) is 1. The van der Waals surface area contributed by atoms with E-state index >= 15 is 0 Å². The molecule has 0 bridgehead atoms. The second-order valence-corrected chi connectivity index (χ2v) is 8.85. The first kappa shape index (κ1) is 24.7. The third-order valence-electron chi connectivity index (χ3n) is 6.41. The Labute approximate surface area is 201 Å². The lowest BCUT2D eigenvalue weighted by molar-refractivity contribution is -0.139. The summed E-state index contributed by atoms with van der Waals surface area (Å²) in [6.45, 7) is 2.69. The molecule has 0 saturated carbocycles. The van der Waals surface area contributed by atoms with E-state index in [9.17, 15) is 22.8 Å². The highest BCUT2D eigenvalue weighted by atomic mass is 19.4.